The third-order valence-electron chi connectivity index (χ3n) is 3.45. The molecule has 1 atom stereocenters. The zero-order valence-corrected chi connectivity index (χ0v) is 13.6. The van der Waals surface area contributed by atoms with Gasteiger partial charge in [0.2, 0.25) is 0 Å². The van der Waals surface area contributed by atoms with E-state index in [4.69, 9.17) is 4.74 Å². The summed E-state index contributed by atoms with van der Waals surface area (Å²) in [6, 6.07) is 3.63. The number of aromatic nitrogens is 2. The minimum absolute atomic E-state index is 0.110. The minimum atomic E-state index is -0.642. The molecule has 1 aromatic carbocycles. The Hall–Kier alpha value is -2.48. The zero-order chi connectivity index (χ0) is 17.5. The highest BCUT2D eigenvalue weighted by molar-refractivity contribution is 5.88. The van der Waals surface area contributed by atoms with Crippen molar-refractivity contribution in [1.82, 2.24) is 15.1 Å². The molecule has 130 valence electrons. The molecule has 2 aromatic rings. The molecular weight excluding hydrogens is 318 g/mol. The van der Waals surface area contributed by atoms with Crippen LogP contribution < -0.4 is 10.6 Å². The van der Waals surface area contributed by atoms with Crippen LogP contribution in [0.3, 0.4) is 0 Å². The minimum Gasteiger partial charge on any atom is -0.383 e. The van der Waals surface area contributed by atoms with Crippen molar-refractivity contribution in [3.63, 3.8) is 0 Å². The maximum absolute atomic E-state index is 13.8. The molecule has 1 aromatic heterocycles. The molecule has 0 aliphatic heterocycles. The quantitative estimate of drug-likeness (QED) is 0.815. The van der Waals surface area contributed by atoms with Gasteiger partial charge in [-0.05, 0) is 24.6 Å². The summed E-state index contributed by atoms with van der Waals surface area (Å²) in [5.74, 6) is -0.755. The molecule has 0 radical (unpaired) electrons. The fourth-order valence-electron chi connectivity index (χ4n) is 2.23. The van der Waals surface area contributed by atoms with Crippen molar-refractivity contribution in [1.29, 1.82) is 0 Å². The van der Waals surface area contributed by atoms with Gasteiger partial charge in [0.25, 0.3) is 0 Å². The monoisotopic (exact) mass is 338 g/mol. The van der Waals surface area contributed by atoms with E-state index in [9.17, 15) is 13.6 Å². The van der Waals surface area contributed by atoms with Gasteiger partial charge in [0.15, 0.2) is 5.82 Å². The fraction of sp³-hybridized carbons (Fsp3) is 0.375. The predicted octanol–water partition coefficient (Wildman–Crippen LogP) is 3.08. The molecule has 0 aliphatic rings. The summed E-state index contributed by atoms with van der Waals surface area (Å²) in [4.78, 5) is 12.1. The lowest BCUT2D eigenvalue weighted by Crippen LogP contribution is -2.33. The SMILES string of the molecule is CCC(NC(=O)Nc1ccn(CCOC)n1)c1cc(F)ccc1F. The van der Waals surface area contributed by atoms with Gasteiger partial charge in [-0.25, -0.2) is 13.6 Å². The number of hydrogen-bond acceptors (Lipinski definition) is 3. The Morgan fingerprint density at radius 2 is 2.17 bits per heavy atom. The number of benzene rings is 1. The second kappa shape index (κ2) is 8.39. The summed E-state index contributed by atoms with van der Waals surface area (Å²) in [5, 5.41) is 9.35. The second-order valence-electron chi connectivity index (χ2n) is 5.18. The molecule has 8 heteroatoms. The summed E-state index contributed by atoms with van der Waals surface area (Å²) in [7, 11) is 1.59. The molecule has 0 saturated carbocycles. The molecule has 2 N–H and O–H groups in total. The van der Waals surface area contributed by atoms with E-state index in [0.717, 1.165) is 18.2 Å². The maximum atomic E-state index is 13.8. The topological polar surface area (TPSA) is 68.2 Å². The number of amides is 2. The van der Waals surface area contributed by atoms with Crippen LogP contribution in [0.2, 0.25) is 0 Å². The van der Waals surface area contributed by atoms with E-state index in [2.05, 4.69) is 15.7 Å². The van der Waals surface area contributed by atoms with E-state index in [1.165, 1.54) is 0 Å². The van der Waals surface area contributed by atoms with Crippen LogP contribution in [0.25, 0.3) is 0 Å². The Morgan fingerprint density at radius 1 is 1.38 bits per heavy atom. The van der Waals surface area contributed by atoms with Gasteiger partial charge < -0.3 is 10.1 Å². The van der Waals surface area contributed by atoms with Gasteiger partial charge in [0.1, 0.15) is 11.6 Å². The summed E-state index contributed by atoms with van der Waals surface area (Å²) < 4.78 is 33.7. The number of halogens is 2. The predicted molar refractivity (Wildman–Crippen MR) is 85.6 cm³/mol. The van der Waals surface area contributed by atoms with Gasteiger partial charge >= 0.3 is 6.03 Å². The molecule has 0 spiro atoms. The largest absolute Gasteiger partial charge is 0.383 e. The van der Waals surface area contributed by atoms with Crippen molar-refractivity contribution in [2.75, 3.05) is 19.0 Å². The number of carbonyl (C=O) groups is 1. The van der Waals surface area contributed by atoms with E-state index in [-0.39, 0.29) is 5.56 Å². The second-order valence-corrected chi connectivity index (χ2v) is 5.18. The van der Waals surface area contributed by atoms with E-state index in [1.807, 2.05) is 0 Å². The number of ether oxygens (including phenoxy) is 1. The van der Waals surface area contributed by atoms with Crippen molar-refractivity contribution in [3.8, 4) is 0 Å². The lowest BCUT2D eigenvalue weighted by atomic mass is 10.0. The smallest absolute Gasteiger partial charge is 0.320 e. The van der Waals surface area contributed by atoms with Crippen molar-refractivity contribution < 1.29 is 18.3 Å². The van der Waals surface area contributed by atoms with Crippen LogP contribution in [-0.2, 0) is 11.3 Å². The third-order valence-corrected chi connectivity index (χ3v) is 3.45. The zero-order valence-electron chi connectivity index (χ0n) is 13.6. The average molecular weight is 338 g/mol. The van der Waals surface area contributed by atoms with Crippen molar-refractivity contribution in [2.24, 2.45) is 0 Å². The fourth-order valence-corrected chi connectivity index (χ4v) is 2.23. The average Bonchev–Trinajstić information content (AvgIpc) is 3.00. The Balaban J connectivity index is 1.99. The van der Waals surface area contributed by atoms with Gasteiger partial charge in [-0.2, -0.15) is 5.10 Å². The first-order chi connectivity index (χ1) is 11.5. The number of urea groups is 1. The molecule has 2 rings (SSSR count). The molecule has 0 bridgehead atoms. The third kappa shape index (κ3) is 4.76. The van der Waals surface area contributed by atoms with E-state index in [0.29, 0.717) is 25.4 Å². The highest BCUT2D eigenvalue weighted by Crippen LogP contribution is 2.21. The van der Waals surface area contributed by atoms with Crippen LogP contribution in [0.1, 0.15) is 24.9 Å². The molecule has 0 fully saturated rings. The first-order valence-electron chi connectivity index (χ1n) is 7.58. The first-order valence-corrected chi connectivity index (χ1v) is 7.58. The summed E-state index contributed by atoms with van der Waals surface area (Å²) in [5.41, 5.74) is 0.110. The molecule has 6 nitrogen and oxygen atoms in total. The van der Waals surface area contributed by atoms with E-state index in [1.54, 1.807) is 31.0 Å². The number of methoxy groups -OCH3 is 1. The molecule has 24 heavy (non-hydrogen) atoms. The standard InChI is InChI=1S/C16H20F2N4O2/c1-3-14(12-10-11(17)4-5-13(12)18)19-16(23)20-15-6-7-22(21-15)8-9-24-2/h4-7,10,14H,3,8-9H2,1-2H3,(H2,19,20,21,23). The first kappa shape index (κ1) is 17.9. The van der Waals surface area contributed by atoms with Gasteiger partial charge in [0.05, 0.1) is 19.2 Å². The lowest BCUT2D eigenvalue weighted by molar-refractivity contribution is 0.183. The molecular formula is C16H20F2N4O2. The highest BCUT2D eigenvalue weighted by Gasteiger charge is 2.17. The Kier molecular flexibility index (Phi) is 6.25. The van der Waals surface area contributed by atoms with Crippen LogP contribution in [0.15, 0.2) is 30.5 Å². The molecule has 2 amide bonds. The number of carbonyl (C=O) groups excluding carboxylic acids is 1. The Bertz CT molecular complexity index is 690. The maximum Gasteiger partial charge on any atom is 0.320 e. The van der Waals surface area contributed by atoms with Crippen molar-refractivity contribution in [2.45, 2.75) is 25.9 Å². The molecule has 0 saturated heterocycles. The van der Waals surface area contributed by atoms with Gasteiger partial charge in [-0.3, -0.25) is 10.00 Å². The number of hydrogen-bond donors (Lipinski definition) is 2. The van der Waals surface area contributed by atoms with Crippen molar-refractivity contribution in [3.05, 3.63) is 47.7 Å². The van der Waals surface area contributed by atoms with Gasteiger partial charge in [-0.15, -0.1) is 0 Å². The van der Waals surface area contributed by atoms with E-state index < -0.39 is 23.7 Å². The summed E-state index contributed by atoms with van der Waals surface area (Å²) in [6.45, 7) is 2.84. The highest BCUT2D eigenvalue weighted by atomic mass is 19.1. The van der Waals surface area contributed by atoms with Crippen LogP contribution in [0.4, 0.5) is 19.4 Å². The summed E-state index contributed by atoms with van der Waals surface area (Å²) in [6.07, 6.45) is 2.12. The number of rotatable bonds is 7. The van der Waals surface area contributed by atoms with Crippen LogP contribution in [0.5, 0.6) is 0 Å². The molecule has 1 unspecified atom stereocenters. The Labute approximate surface area is 138 Å². The molecule has 1 heterocycles. The number of nitrogens with one attached hydrogen (secondary N) is 2. The lowest BCUT2D eigenvalue weighted by Gasteiger charge is -2.18. The van der Waals surface area contributed by atoms with Crippen molar-refractivity contribution >= 4 is 11.8 Å². The van der Waals surface area contributed by atoms with E-state index >= 15 is 0 Å². The van der Waals surface area contributed by atoms with Gasteiger partial charge in [0, 0.05) is 24.9 Å². The molecule has 0 aliphatic carbocycles. The number of nitrogens with zero attached hydrogens (tertiary/aromatic N) is 2. The Morgan fingerprint density at radius 3 is 2.88 bits per heavy atom. The summed E-state index contributed by atoms with van der Waals surface area (Å²) >= 11 is 0. The van der Waals surface area contributed by atoms with Crippen LogP contribution >= 0.6 is 0 Å². The van der Waals surface area contributed by atoms with Gasteiger partial charge in [-0.1, -0.05) is 6.92 Å². The van der Waals surface area contributed by atoms with Crippen LogP contribution in [0, 0.1) is 11.6 Å². The number of anilines is 1. The normalized spacial score (nSPS) is 12.0. The van der Waals surface area contributed by atoms with Crippen LogP contribution in [-0.4, -0.2) is 29.5 Å².